The maximum atomic E-state index is 12.6. The fourth-order valence-corrected chi connectivity index (χ4v) is 3.01. The molecule has 7 nitrogen and oxygen atoms in total. The van der Waals surface area contributed by atoms with Crippen LogP contribution in [0.25, 0.3) is 0 Å². The minimum absolute atomic E-state index is 0.126. The Hall–Kier alpha value is -2.88. The quantitative estimate of drug-likeness (QED) is 0.774. The molecule has 0 aliphatic carbocycles. The molecule has 2 atom stereocenters. The average Bonchev–Trinajstić information content (AvgIpc) is 3.31. The Kier molecular flexibility index (Phi) is 5.68. The molecule has 0 bridgehead atoms. The van der Waals surface area contributed by atoms with E-state index in [0.717, 1.165) is 6.07 Å². The first-order valence-electron chi connectivity index (χ1n) is 8.61. The van der Waals surface area contributed by atoms with Crippen LogP contribution in [0.15, 0.2) is 36.5 Å². The minimum atomic E-state index is -4.49. The molecule has 2 unspecified atom stereocenters. The molecule has 150 valence electrons. The number of aromatic nitrogens is 2. The number of rotatable bonds is 6. The van der Waals surface area contributed by atoms with Gasteiger partial charge in [-0.15, -0.1) is 0 Å². The van der Waals surface area contributed by atoms with Gasteiger partial charge in [0.15, 0.2) is 5.69 Å². The molecule has 2 aromatic rings. The first kappa shape index (κ1) is 19.9. The largest absolute Gasteiger partial charge is 0.435 e. The molecule has 0 radical (unpaired) electrons. The second-order valence-electron chi connectivity index (χ2n) is 6.57. The van der Waals surface area contributed by atoms with Gasteiger partial charge in [0, 0.05) is 24.3 Å². The molecule has 2 amide bonds. The highest BCUT2D eigenvalue weighted by Gasteiger charge is 2.33. The summed E-state index contributed by atoms with van der Waals surface area (Å²) in [5, 5.41) is 6.11. The summed E-state index contributed by atoms with van der Waals surface area (Å²) in [6, 6.07) is 6.37. The van der Waals surface area contributed by atoms with E-state index >= 15 is 0 Å². The van der Waals surface area contributed by atoms with Gasteiger partial charge in [0.1, 0.15) is 6.04 Å². The van der Waals surface area contributed by atoms with Gasteiger partial charge in [0.05, 0.1) is 13.2 Å². The van der Waals surface area contributed by atoms with E-state index in [1.807, 2.05) is 0 Å². The van der Waals surface area contributed by atoms with Gasteiger partial charge in [0.2, 0.25) is 5.91 Å². The summed E-state index contributed by atoms with van der Waals surface area (Å²) in [6.07, 6.45) is -2.62. The van der Waals surface area contributed by atoms with Crippen LogP contribution in [0, 0.1) is 5.92 Å². The number of nitrogens with two attached hydrogens (primary N) is 1. The smallest absolute Gasteiger partial charge is 0.381 e. The summed E-state index contributed by atoms with van der Waals surface area (Å²) >= 11 is 0. The number of alkyl halides is 3. The van der Waals surface area contributed by atoms with E-state index in [-0.39, 0.29) is 12.5 Å². The highest BCUT2D eigenvalue weighted by atomic mass is 19.4. The normalized spacial score (nSPS) is 18.0. The maximum Gasteiger partial charge on any atom is 0.435 e. The minimum Gasteiger partial charge on any atom is -0.381 e. The third-order valence-corrected chi connectivity index (χ3v) is 4.52. The number of amides is 2. The van der Waals surface area contributed by atoms with E-state index < -0.39 is 29.7 Å². The molecule has 1 fully saturated rings. The van der Waals surface area contributed by atoms with Crippen molar-refractivity contribution in [2.45, 2.75) is 25.2 Å². The number of ether oxygens (including phenoxy) is 1. The standard InChI is InChI=1S/C18H19F3N4O3/c19-18(20,21)14-5-7-25(24-14)9-11-1-3-12(4-2-11)17(27)23-15(16(22)26)13-6-8-28-10-13/h1-5,7,13,15H,6,8-10H2,(H2,22,26)(H,23,27). The van der Waals surface area contributed by atoms with Gasteiger partial charge in [-0.3, -0.25) is 14.3 Å². The molecule has 2 heterocycles. The molecule has 1 aromatic carbocycles. The van der Waals surface area contributed by atoms with Gasteiger partial charge in [-0.2, -0.15) is 18.3 Å². The van der Waals surface area contributed by atoms with Crippen molar-refractivity contribution in [3.05, 3.63) is 53.3 Å². The van der Waals surface area contributed by atoms with Crippen molar-refractivity contribution in [3.8, 4) is 0 Å². The summed E-state index contributed by atoms with van der Waals surface area (Å²) < 4.78 is 44.2. The van der Waals surface area contributed by atoms with E-state index in [0.29, 0.717) is 30.8 Å². The molecular formula is C18H19F3N4O3. The molecule has 3 N–H and O–H groups in total. The molecule has 1 aliphatic rings. The van der Waals surface area contributed by atoms with Gasteiger partial charge in [-0.05, 0) is 30.2 Å². The zero-order valence-electron chi connectivity index (χ0n) is 14.8. The van der Waals surface area contributed by atoms with E-state index in [1.54, 1.807) is 12.1 Å². The van der Waals surface area contributed by atoms with E-state index in [9.17, 15) is 22.8 Å². The zero-order chi connectivity index (χ0) is 20.3. The van der Waals surface area contributed by atoms with Gasteiger partial charge in [0.25, 0.3) is 5.91 Å². The Balaban J connectivity index is 1.63. The molecule has 0 spiro atoms. The number of primary amides is 1. The zero-order valence-corrected chi connectivity index (χ0v) is 14.8. The molecule has 1 saturated heterocycles. The molecular weight excluding hydrogens is 377 g/mol. The first-order chi connectivity index (χ1) is 13.2. The summed E-state index contributed by atoms with van der Waals surface area (Å²) in [5.41, 5.74) is 5.41. The fourth-order valence-electron chi connectivity index (χ4n) is 3.01. The highest BCUT2D eigenvalue weighted by molar-refractivity contribution is 5.97. The number of carbonyl (C=O) groups excluding carboxylic acids is 2. The second kappa shape index (κ2) is 8.01. The fraction of sp³-hybridized carbons (Fsp3) is 0.389. The van der Waals surface area contributed by atoms with Crippen molar-refractivity contribution < 1.29 is 27.5 Å². The highest BCUT2D eigenvalue weighted by Crippen LogP contribution is 2.27. The Morgan fingerprint density at radius 2 is 2.00 bits per heavy atom. The lowest BCUT2D eigenvalue weighted by Crippen LogP contribution is -2.49. The maximum absolute atomic E-state index is 12.6. The summed E-state index contributed by atoms with van der Waals surface area (Å²) in [7, 11) is 0. The van der Waals surface area contributed by atoms with Crippen LogP contribution >= 0.6 is 0 Å². The van der Waals surface area contributed by atoms with Crippen LogP contribution in [0.3, 0.4) is 0 Å². The summed E-state index contributed by atoms with van der Waals surface area (Å²) in [4.78, 5) is 24.0. The molecule has 0 saturated carbocycles. The summed E-state index contributed by atoms with van der Waals surface area (Å²) in [6.45, 7) is 1.00. The third kappa shape index (κ3) is 4.69. The first-order valence-corrected chi connectivity index (χ1v) is 8.61. The Morgan fingerprint density at radius 3 is 2.54 bits per heavy atom. The van der Waals surface area contributed by atoms with Crippen LogP contribution in [-0.2, 0) is 22.3 Å². The lowest BCUT2D eigenvalue weighted by Gasteiger charge is -2.20. The van der Waals surface area contributed by atoms with Crippen LogP contribution < -0.4 is 11.1 Å². The van der Waals surface area contributed by atoms with Gasteiger partial charge in [-0.1, -0.05) is 12.1 Å². The van der Waals surface area contributed by atoms with Crippen LogP contribution in [0.2, 0.25) is 0 Å². The van der Waals surface area contributed by atoms with Crippen molar-refractivity contribution in [2.75, 3.05) is 13.2 Å². The topological polar surface area (TPSA) is 99.2 Å². The van der Waals surface area contributed by atoms with Crippen LogP contribution in [0.1, 0.15) is 28.0 Å². The van der Waals surface area contributed by atoms with Crippen molar-refractivity contribution in [3.63, 3.8) is 0 Å². The monoisotopic (exact) mass is 396 g/mol. The molecule has 1 aromatic heterocycles. The molecule has 10 heteroatoms. The Labute approximate surface area is 158 Å². The molecule has 28 heavy (non-hydrogen) atoms. The Morgan fingerprint density at radius 1 is 1.29 bits per heavy atom. The number of nitrogens with one attached hydrogen (secondary N) is 1. The van der Waals surface area contributed by atoms with E-state index in [1.165, 1.54) is 23.0 Å². The van der Waals surface area contributed by atoms with Crippen LogP contribution in [0.5, 0.6) is 0 Å². The number of hydrogen-bond donors (Lipinski definition) is 2. The number of benzene rings is 1. The second-order valence-corrected chi connectivity index (χ2v) is 6.57. The van der Waals surface area contributed by atoms with Gasteiger partial charge < -0.3 is 15.8 Å². The molecule has 3 rings (SSSR count). The molecule has 1 aliphatic heterocycles. The van der Waals surface area contributed by atoms with Crippen molar-refractivity contribution >= 4 is 11.8 Å². The van der Waals surface area contributed by atoms with Gasteiger partial charge in [-0.25, -0.2) is 0 Å². The predicted octanol–water partition coefficient (Wildman–Crippen LogP) is 1.57. The lowest BCUT2D eigenvalue weighted by atomic mass is 9.98. The predicted molar refractivity (Wildman–Crippen MR) is 92.1 cm³/mol. The van der Waals surface area contributed by atoms with Crippen molar-refractivity contribution in [2.24, 2.45) is 11.7 Å². The van der Waals surface area contributed by atoms with Crippen LogP contribution in [-0.4, -0.2) is 40.9 Å². The lowest BCUT2D eigenvalue weighted by molar-refractivity contribution is -0.141. The van der Waals surface area contributed by atoms with E-state index in [2.05, 4.69) is 10.4 Å². The number of hydrogen-bond acceptors (Lipinski definition) is 4. The third-order valence-electron chi connectivity index (χ3n) is 4.52. The summed E-state index contributed by atoms with van der Waals surface area (Å²) in [5.74, 6) is -1.25. The van der Waals surface area contributed by atoms with Crippen molar-refractivity contribution in [1.29, 1.82) is 0 Å². The number of carbonyl (C=O) groups is 2. The Bertz CT molecular complexity index is 843. The average molecular weight is 396 g/mol. The van der Waals surface area contributed by atoms with E-state index in [4.69, 9.17) is 10.5 Å². The van der Waals surface area contributed by atoms with Gasteiger partial charge >= 0.3 is 6.18 Å². The van der Waals surface area contributed by atoms with Crippen LogP contribution in [0.4, 0.5) is 13.2 Å². The van der Waals surface area contributed by atoms with Crippen molar-refractivity contribution in [1.82, 2.24) is 15.1 Å². The number of halogens is 3. The number of nitrogens with zero attached hydrogens (tertiary/aromatic N) is 2. The SMILES string of the molecule is NC(=O)C(NC(=O)c1ccc(Cn2ccc(C(F)(F)F)n2)cc1)C1CCOC1.